The van der Waals surface area contributed by atoms with E-state index in [0.717, 1.165) is 50.5 Å². The Morgan fingerprint density at radius 2 is 2.25 bits per heavy atom. The third-order valence-corrected chi connectivity index (χ3v) is 5.00. The molecule has 1 aliphatic heterocycles. The van der Waals surface area contributed by atoms with Gasteiger partial charge in [0.25, 0.3) is 0 Å². The Bertz CT molecular complexity index is 575. The van der Waals surface area contributed by atoms with Gasteiger partial charge < -0.3 is 20.1 Å². The number of nitrogens with one attached hydrogen (secondary N) is 1. The third kappa shape index (κ3) is 4.21. The molecule has 1 heterocycles. The van der Waals surface area contributed by atoms with Gasteiger partial charge in [-0.15, -0.1) is 24.0 Å². The Labute approximate surface area is 161 Å². The van der Waals surface area contributed by atoms with Crippen molar-refractivity contribution in [1.29, 1.82) is 0 Å². The van der Waals surface area contributed by atoms with Crippen LogP contribution in [0.25, 0.3) is 0 Å². The van der Waals surface area contributed by atoms with E-state index in [9.17, 15) is 5.11 Å². The summed E-state index contributed by atoms with van der Waals surface area (Å²) in [5, 5.41) is 14.3. The van der Waals surface area contributed by atoms with Crippen LogP contribution in [0.1, 0.15) is 24.0 Å². The molecule has 2 aliphatic rings. The van der Waals surface area contributed by atoms with Crippen LogP contribution in [0.3, 0.4) is 0 Å². The molecule has 0 amide bonds. The van der Waals surface area contributed by atoms with Gasteiger partial charge in [-0.05, 0) is 30.4 Å². The maximum absolute atomic E-state index is 11.0. The van der Waals surface area contributed by atoms with Crippen molar-refractivity contribution in [2.75, 3.05) is 40.4 Å². The Morgan fingerprint density at radius 3 is 2.96 bits per heavy atom. The van der Waals surface area contributed by atoms with E-state index in [1.54, 1.807) is 7.05 Å². The van der Waals surface area contributed by atoms with Gasteiger partial charge in [-0.1, -0.05) is 24.3 Å². The molecule has 0 spiro atoms. The van der Waals surface area contributed by atoms with Crippen molar-refractivity contribution < 1.29 is 9.84 Å². The Hall–Kier alpha value is -0.860. The van der Waals surface area contributed by atoms with Crippen LogP contribution < -0.4 is 5.32 Å². The summed E-state index contributed by atoms with van der Waals surface area (Å²) < 4.78 is 5.44. The second-order valence-electron chi connectivity index (χ2n) is 6.70. The number of halogens is 1. The minimum Gasteiger partial charge on any atom is -0.383 e. The Kier molecular flexibility index (Phi) is 6.88. The molecule has 0 radical (unpaired) electrons. The first-order valence-corrected chi connectivity index (χ1v) is 8.43. The van der Waals surface area contributed by atoms with Gasteiger partial charge in [0.2, 0.25) is 0 Å². The molecule has 0 aromatic heterocycles. The monoisotopic (exact) mass is 445 g/mol. The molecular weight excluding hydrogens is 417 g/mol. The van der Waals surface area contributed by atoms with E-state index in [0.29, 0.717) is 12.5 Å². The highest BCUT2D eigenvalue weighted by Gasteiger charge is 2.36. The molecule has 134 valence electrons. The van der Waals surface area contributed by atoms with Gasteiger partial charge in [-0.2, -0.15) is 0 Å². The van der Waals surface area contributed by atoms with E-state index < -0.39 is 5.60 Å². The summed E-state index contributed by atoms with van der Waals surface area (Å²) in [6, 6.07) is 8.17. The normalized spacial score (nSPS) is 26.0. The minimum atomic E-state index is -0.802. The quantitative estimate of drug-likeness (QED) is 0.423. The molecule has 3 rings (SSSR count). The molecule has 0 saturated carbocycles. The lowest BCUT2D eigenvalue weighted by Gasteiger charge is -2.29. The van der Waals surface area contributed by atoms with Crippen molar-refractivity contribution in [2.45, 2.75) is 24.9 Å². The summed E-state index contributed by atoms with van der Waals surface area (Å²) in [5.74, 6) is 1.39. The van der Waals surface area contributed by atoms with Gasteiger partial charge in [-0.3, -0.25) is 4.99 Å². The predicted octanol–water partition coefficient (Wildman–Crippen LogP) is 1.98. The number of aliphatic imine (C=N–C) groups is 1. The summed E-state index contributed by atoms with van der Waals surface area (Å²) in [6.07, 6.45) is 2.80. The number of rotatable bonds is 4. The highest BCUT2D eigenvalue weighted by atomic mass is 127. The molecular formula is C18H28IN3O2. The molecule has 1 aromatic rings. The largest absolute Gasteiger partial charge is 0.383 e. The maximum Gasteiger partial charge on any atom is 0.193 e. The lowest BCUT2D eigenvalue weighted by atomic mass is 9.96. The van der Waals surface area contributed by atoms with Crippen molar-refractivity contribution in [2.24, 2.45) is 10.9 Å². The number of aryl methyl sites for hydroxylation is 1. The van der Waals surface area contributed by atoms with E-state index in [1.807, 2.05) is 25.2 Å². The highest BCUT2D eigenvalue weighted by molar-refractivity contribution is 14.0. The Morgan fingerprint density at radius 1 is 1.46 bits per heavy atom. The third-order valence-electron chi connectivity index (χ3n) is 5.00. The fraction of sp³-hybridized carbons (Fsp3) is 0.611. The van der Waals surface area contributed by atoms with Gasteiger partial charge in [0, 0.05) is 33.2 Å². The van der Waals surface area contributed by atoms with Crippen molar-refractivity contribution in [3.63, 3.8) is 0 Å². The molecule has 2 atom stereocenters. The second kappa shape index (κ2) is 8.49. The van der Waals surface area contributed by atoms with Gasteiger partial charge in [0.1, 0.15) is 5.60 Å². The summed E-state index contributed by atoms with van der Waals surface area (Å²) in [5.41, 5.74) is 1.50. The molecule has 1 aromatic carbocycles. The highest BCUT2D eigenvalue weighted by Crippen LogP contribution is 2.36. The summed E-state index contributed by atoms with van der Waals surface area (Å²) in [6.45, 7) is 3.11. The first-order chi connectivity index (χ1) is 11.1. The van der Waals surface area contributed by atoms with Gasteiger partial charge in [0.05, 0.1) is 13.2 Å². The first kappa shape index (κ1) is 19.5. The number of nitrogens with zero attached hydrogens (tertiary/aromatic N) is 2. The smallest absolute Gasteiger partial charge is 0.193 e. The van der Waals surface area contributed by atoms with E-state index in [2.05, 4.69) is 21.3 Å². The molecule has 1 saturated heterocycles. The average Bonchev–Trinajstić information content (AvgIpc) is 3.17. The Balaban J connectivity index is 0.00000208. The summed E-state index contributed by atoms with van der Waals surface area (Å²) in [4.78, 5) is 6.49. The van der Waals surface area contributed by atoms with E-state index in [-0.39, 0.29) is 24.0 Å². The number of hydrogen-bond acceptors (Lipinski definition) is 3. The zero-order valence-corrected chi connectivity index (χ0v) is 16.8. The molecule has 1 fully saturated rings. The van der Waals surface area contributed by atoms with Crippen LogP contribution in [0, 0.1) is 5.92 Å². The zero-order chi connectivity index (χ0) is 16.3. The molecule has 1 aliphatic carbocycles. The molecule has 24 heavy (non-hydrogen) atoms. The van der Waals surface area contributed by atoms with E-state index >= 15 is 0 Å². The van der Waals surface area contributed by atoms with Crippen LogP contribution >= 0.6 is 24.0 Å². The van der Waals surface area contributed by atoms with Gasteiger partial charge >= 0.3 is 0 Å². The standard InChI is InChI=1S/C18H27N3O2.HI/c1-19-17(21(2)11-14-8-10-23-12-14)20-13-18(22)9-7-15-5-3-4-6-16(15)18;/h3-6,14,22H,7-13H2,1-2H3,(H,19,20);1H. The summed E-state index contributed by atoms with van der Waals surface area (Å²) >= 11 is 0. The van der Waals surface area contributed by atoms with E-state index in [1.165, 1.54) is 5.56 Å². The lowest BCUT2D eigenvalue weighted by molar-refractivity contribution is 0.0426. The lowest BCUT2D eigenvalue weighted by Crippen LogP contribution is -2.46. The second-order valence-corrected chi connectivity index (χ2v) is 6.70. The number of aliphatic hydroxyl groups is 1. The fourth-order valence-corrected chi connectivity index (χ4v) is 3.66. The topological polar surface area (TPSA) is 57.1 Å². The van der Waals surface area contributed by atoms with Crippen LogP contribution in [0.4, 0.5) is 0 Å². The first-order valence-electron chi connectivity index (χ1n) is 8.43. The number of ether oxygens (including phenoxy) is 1. The van der Waals surface area contributed by atoms with Crippen LogP contribution in [-0.2, 0) is 16.8 Å². The minimum absolute atomic E-state index is 0. The van der Waals surface area contributed by atoms with Crippen molar-refractivity contribution in [1.82, 2.24) is 10.2 Å². The van der Waals surface area contributed by atoms with Gasteiger partial charge in [0.15, 0.2) is 5.96 Å². The number of guanidine groups is 1. The zero-order valence-electron chi connectivity index (χ0n) is 14.5. The van der Waals surface area contributed by atoms with Crippen molar-refractivity contribution in [3.8, 4) is 0 Å². The maximum atomic E-state index is 11.0. The fourth-order valence-electron chi connectivity index (χ4n) is 3.66. The molecule has 5 nitrogen and oxygen atoms in total. The van der Waals surface area contributed by atoms with Crippen molar-refractivity contribution >= 4 is 29.9 Å². The molecule has 0 bridgehead atoms. The predicted molar refractivity (Wildman–Crippen MR) is 107 cm³/mol. The SMILES string of the molecule is CN=C(NCC1(O)CCc2ccccc21)N(C)CC1CCOC1.I. The number of fused-ring (bicyclic) bond motifs is 1. The van der Waals surface area contributed by atoms with E-state index in [4.69, 9.17) is 4.74 Å². The molecule has 6 heteroatoms. The van der Waals surface area contributed by atoms with Crippen LogP contribution in [-0.4, -0.2) is 56.4 Å². The summed E-state index contributed by atoms with van der Waals surface area (Å²) in [7, 11) is 3.83. The number of benzene rings is 1. The average molecular weight is 445 g/mol. The van der Waals surface area contributed by atoms with Crippen LogP contribution in [0.2, 0.25) is 0 Å². The number of hydrogen-bond donors (Lipinski definition) is 2. The van der Waals surface area contributed by atoms with Crippen LogP contribution in [0.5, 0.6) is 0 Å². The molecule has 2 unspecified atom stereocenters. The molecule has 2 N–H and O–H groups in total. The van der Waals surface area contributed by atoms with Crippen molar-refractivity contribution in [3.05, 3.63) is 35.4 Å². The van der Waals surface area contributed by atoms with Gasteiger partial charge in [-0.25, -0.2) is 0 Å². The van der Waals surface area contributed by atoms with Crippen LogP contribution in [0.15, 0.2) is 29.3 Å².